The number of ether oxygens (including phenoxy) is 1. The fourth-order valence-electron chi connectivity index (χ4n) is 2.59. The average Bonchev–Trinajstić information content (AvgIpc) is 2.56. The van der Waals surface area contributed by atoms with Crippen LogP contribution < -0.4 is 11.1 Å². The van der Waals surface area contributed by atoms with Crippen LogP contribution in [0.3, 0.4) is 0 Å². The van der Waals surface area contributed by atoms with Crippen molar-refractivity contribution < 1.29 is 4.74 Å². The van der Waals surface area contributed by atoms with Crippen LogP contribution in [0.25, 0.3) is 0 Å². The van der Waals surface area contributed by atoms with E-state index in [4.69, 9.17) is 10.5 Å². The summed E-state index contributed by atoms with van der Waals surface area (Å²) < 4.78 is 5.36. The molecule has 0 amide bonds. The largest absolute Gasteiger partial charge is 0.379 e. The third-order valence-corrected chi connectivity index (χ3v) is 3.81. The molecule has 2 heterocycles. The predicted molar refractivity (Wildman–Crippen MR) is 89.4 cm³/mol. The lowest BCUT2D eigenvalue weighted by Gasteiger charge is -2.25. The summed E-state index contributed by atoms with van der Waals surface area (Å²) >= 11 is 0. The minimum absolute atomic E-state index is 0.236. The van der Waals surface area contributed by atoms with Crippen molar-refractivity contribution in [1.82, 2.24) is 19.9 Å². The number of aryl methyl sites for hydroxylation is 1. The van der Waals surface area contributed by atoms with Gasteiger partial charge in [-0.15, -0.1) is 0 Å². The number of morpholine rings is 1. The molecule has 1 aromatic carbocycles. The average molecular weight is 314 g/mol. The highest BCUT2D eigenvalue weighted by Gasteiger charge is 2.14. The number of hydrogen-bond acceptors (Lipinski definition) is 7. The van der Waals surface area contributed by atoms with Gasteiger partial charge in [0.1, 0.15) is 5.82 Å². The molecule has 0 unspecified atom stereocenters. The molecular weight excluding hydrogens is 292 g/mol. The van der Waals surface area contributed by atoms with E-state index in [0.29, 0.717) is 18.3 Å². The molecule has 3 N–H and O–H groups in total. The molecule has 1 fully saturated rings. The van der Waals surface area contributed by atoms with Crippen molar-refractivity contribution in [3.8, 4) is 0 Å². The van der Waals surface area contributed by atoms with Gasteiger partial charge in [-0.2, -0.15) is 15.0 Å². The second-order valence-corrected chi connectivity index (χ2v) is 5.46. The highest BCUT2D eigenvalue weighted by molar-refractivity contribution is 5.58. The minimum atomic E-state index is 0.236. The van der Waals surface area contributed by atoms with Crippen LogP contribution in [0.15, 0.2) is 24.3 Å². The van der Waals surface area contributed by atoms with Gasteiger partial charge in [-0.3, -0.25) is 4.90 Å². The smallest absolute Gasteiger partial charge is 0.232 e. The summed E-state index contributed by atoms with van der Waals surface area (Å²) in [6.07, 6.45) is 0.935. The van der Waals surface area contributed by atoms with Crippen LogP contribution in [0.2, 0.25) is 0 Å². The lowest BCUT2D eigenvalue weighted by Crippen LogP contribution is -2.36. The molecule has 122 valence electrons. The van der Waals surface area contributed by atoms with Gasteiger partial charge in [0.05, 0.1) is 19.8 Å². The first-order valence-electron chi connectivity index (χ1n) is 7.90. The molecule has 0 bridgehead atoms. The minimum Gasteiger partial charge on any atom is -0.379 e. The van der Waals surface area contributed by atoms with Crippen molar-refractivity contribution >= 4 is 17.6 Å². The van der Waals surface area contributed by atoms with Crippen LogP contribution in [0, 0.1) is 0 Å². The van der Waals surface area contributed by atoms with Gasteiger partial charge in [0.25, 0.3) is 0 Å². The van der Waals surface area contributed by atoms with Crippen LogP contribution in [-0.2, 0) is 17.7 Å². The third kappa shape index (κ3) is 4.14. The summed E-state index contributed by atoms with van der Waals surface area (Å²) in [5, 5.41) is 3.26. The number of aromatic nitrogens is 3. The molecule has 3 rings (SSSR count). The van der Waals surface area contributed by atoms with E-state index >= 15 is 0 Å². The molecule has 23 heavy (non-hydrogen) atoms. The van der Waals surface area contributed by atoms with Gasteiger partial charge in [-0.25, -0.2) is 0 Å². The van der Waals surface area contributed by atoms with Crippen molar-refractivity contribution in [2.45, 2.75) is 19.9 Å². The van der Waals surface area contributed by atoms with Crippen LogP contribution in [-0.4, -0.2) is 46.2 Å². The molecule has 1 aromatic heterocycles. The summed E-state index contributed by atoms with van der Waals surface area (Å²) in [7, 11) is 0. The first-order chi connectivity index (χ1) is 11.2. The van der Waals surface area contributed by atoms with E-state index in [-0.39, 0.29) is 5.95 Å². The number of para-hydroxylation sites is 1. The number of benzene rings is 1. The SMILES string of the molecule is CCc1ccccc1Nc1nc(N)nc(CN2CCOCC2)n1. The van der Waals surface area contributed by atoms with E-state index in [1.165, 1.54) is 5.56 Å². The van der Waals surface area contributed by atoms with Crippen LogP contribution in [0.5, 0.6) is 0 Å². The Balaban J connectivity index is 1.77. The zero-order chi connectivity index (χ0) is 16.1. The molecular formula is C16H22N6O. The molecule has 1 aliphatic heterocycles. The Hall–Kier alpha value is -2.25. The van der Waals surface area contributed by atoms with E-state index in [2.05, 4.69) is 38.2 Å². The van der Waals surface area contributed by atoms with Gasteiger partial charge in [0, 0.05) is 18.8 Å². The van der Waals surface area contributed by atoms with E-state index < -0.39 is 0 Å². The quantitative estimate of drug-likeness (QED) is 0.866. The highest BCUT2D eigenvalue weighted by atomic mass is 16.5. The van der Waals surface area contributed by atoms with Crippen molar-refractivity contribution in [3.05, 3.63) is 35.7 Å². The Morgan fingerprint density at radius 1 is 1.17 bits per heavy atom. The molecule has 0 spiro atoms. The normalized spacial score (nSPS) is 15.5. The Bertz CT molecular complexity index is 657. The van der Waals surface area contributed by atoms with Crippen molar-refractivity contribution in [3.63, 3.8) is 0 Å². The first-order valence-corrected chi connectivity index (χ1v) is 7.90. The van der Waals surface area contributed by atoms with E-state index in [9.17, 15) is 0 Å². The van der Waals surface area contributed by atoms with Crippen molar-refractivity contribution in [2.75, 3.05) is 37.4 Å². The van der Waals surface area contributed by atoms with Gasteiger partial charge in [-0.1, -0.05) is 25.1 Å². The molecule has 7 heteroatoms. The maximum Gasteiger partial charge on any atom is 0.232 e. The van der Waals surface area contributed by atoms with Crippen LogP contribution in [0.1, 0.15) is 18.3 Å². The molecule has 0 saturated carbocycles. The zero-order valence-electron chi connectivity index (χ0n) is 13.3. The molecule has 0 aliphatic carbocycles. The number of hydrogen-bond donors (Lipinski definition) is 2. The Labute approximate surface area is 135 Å². The highest BCUT2D eigenvalue weighted by Crippen LogP contribution is 2.19. The van der Waals surface area contributed by atoms with Gasteiger partial charge in [-0.05, 0) is 18.1 Å². The van der Waals surface area contributed by atoms with Crippen molar-refractivity contribution in [2.24, 2.45) is 0 Å². The summed E-state index contributed by atoms with van der Waals surface area (Å²) in [5.41, 5.74) is 8.05. The summed E-state index contributed by atoms with van der Waals surface area (Å²) in [5.74, 6) is 1.40. The fraction of sp³-hybridized carbons (Fsp3) is 0.438. The standard InChI is InChI=1S/C16H22N6O/c1-2-12-5-3-4-6-13(12)18-16-20-14(19-15(17)21-16)11-22-7-9-23-10-8-22/h3-6H,2,7-11H2,1H3,(H3,17,18,19,20,21). The van der Waals surface area contributed by atoms with Crippen molar-refractivity contribution in [1.29, 1.82) is 0 Å². The lowest BCUT2D eigenvalue weighted by molar-refractivity contribution is 0.0331. The van der Waals surface area contributed by atoms with Gasteiger partial charge in [0.2, 0.25) is 11.9 Å². The topological polar surface area (TPSA) is 89.2 Å². The number of rotatable bonds is 5. The monoisotopic (exact) mass is 314 g/mol. The number of nitrogens with zero attached hydrogens (tertiary/aromatic N) is 4. The Morgan fingerprint density at radius 2 is 1.96 bits per heavy atom. The second kappa shape index (κ2) is 7.34. The Morgan fingerprint density at radius 3 is 2.74 bits per heavy atom. The van der Waals surface area contributed by atoms with E-state index in [0.717, 1.165) is 38.4 Å². The number of anilines is 3. The van der Waals surface area contributed by atoms with Crippen LogP contribution >= 0.6 is 0 Å². The molecule has 0 radical (unpaired) electrons. The maximum atomic E-state index is 5.84. The molecule has 0 atom stereocenters. The summed E-state index contributed by atoms with van der Waals surface area (Å²) in [6, 6.07) is 8.11. The molecule has 2 aromatic rings. The predicted octanol–water partition coefficient (Wildman–Crippen LogP) is 1.59. The van der Waals surface area contributed by atoms with E-state index in [1.807, 2.05) is 18.2 Å². The lowest BCUT2D eigenvalue weighted by atomic mass is 10.1. The number of nitrogens with two attached hydrogens (primary N) is 1. The molecule has 1 aliphatic rings. The Kier molecular flexibility index (Phi) is 4.99. The van der Waals surface area contributed by atoms with Gasteiger partial charge < -0.3 is 15.8 Å². The van der Waals surface area contributed by atoms with Gasteiger partial charge in [0.15, 0.2) is 0 Å². The van der Waals surface area contributed by atoms with Gasteiger partial charge >= 0.3 is 0 Å². The summed E-state index contributed by atoms with van der Waals surface area (Å²) in [6.45, 7) is 6.03. The van der Waals surface area contributed by atoms with E-state index in [1.54, 1.807) is 0 Å². The maximum absolute atomic E-state index is 5.84. The second-order valence-electron chi connectivity index (χ2n) is 5.46. The first kappa shape index (κ1) is 15.6. The molecule has 1 saturated heterocycles. The summed E-state index contributed by atoms with van der Waals surface area (Å²) in [4.78, 5) is 15.2. The third-order valence-electron chi connectivity index (χ3n) is 3.81. The number of nitrogen functional groups attached to an aromatic ring is 1. The van der Waals surface area contributed by atoms with Crippen LogP contribution in [0.4, 0.5) is 17.6 Å². The molecule has 7 nitrogen and oxygen atoms in total. The number of nitrogens with one attached hydrogen (secondary N) is 1. The zero-order valence-corrected chi connectivity index (χ0v) is 13.3. The fourth-order valence-corrected chi connectivity index (χ4v) is 2.59.